The fourth-order valence-electron chi connectivity index (χ4n) is 1.43. The van der Waals surface area contributed by atoms with Crippen LogP contribution in [0.4, 0.5) is 0 Å². The van der Waals surface area contributed by atoms with Crippen molar-refractivity contribution in [3.63, 3.8) is 0 Å². The molecule has 114 valence electrons. The highest BCUT2D eigenvalue weighted by Crippen LogP contribution is 2.15. The minimum absolute atomic E-state index is 0. The first-order valence-electron chi connectivity index (χ1n) is 6.62. The molecule has 0 bridgehead atoms. The second-order valence-electron chi connectivity index (χ2n) is 3.91. The SMILES string of the molecule is CCOCCCN=C(N)NCCSc1ccccc1.I. The third kappa shape index (κ3) is 10.3. The molecule has 6 heteroatoms. The van der Waals surface area contributed by atoms with Gasteiger partial charge in [-0.25, -0.2) is 0 Å². The van der Waals surface area contributed by atoms with Crippen molar-refractivity contribution in [2.24, 2.45) is 10.7 Å². The molecule has 0 unspecified atom stereocenters. The van der Waals surface area contributed by atoms with Crippen LogP contribution in [0.25, 0.3) is 0 Å². The van der Waals surface area contributed by atoms with Crippen LogP contribution < -0.4 is 11.1 Å². The minimum Gasteiger partial charge on any atom is -0.382 e. The molecule has 0 fully saturated rings. The number of nitrogens with one attached hydrogen (secondary N) is 1. The van der Waals surface area contributed by atoms with Crippen molar-refractivity contribution in [3.8, 4) is 0 Å². The van der Waals surface area contributed by atoms with Crippen molar-refractivity contribution in [1.82, 2.24) is 5.32 Å². The van der Waals surface area contributed by atoms with Crippen LogP contribution in [-0.2, 0) is 4.74 Å². The molecule has 1 rings (SSSR count). The van der Waals surface area contributed by atoms with E-state index in [1.165, 1.54) is 4.90 Å². The molecule has 0 aliphatic heterocycles. The molecule has 0 saturated carbocycles. The fourth-order valence-corrected chi connectivity index (χ4v) is 2.22. The molecule has 0 atom stereocenters. The summed E-state index contributed by atoms with van der Waals surface area (Å²) in [6.45, 7) is 5.03. The summed E-state index contributed by atoms with van der Waals surface area (Å²) in [6.07, 6.45) is 0.912. The van der Waals surface area contributed by atoms with Gasteiger partial charge >= 0.3 is 0 Å². The van der Waals surface area contributed by atoms with Gasteiger partial charge in [0, 0.05) is 37.0 Å². The summed E-state index contributed by atoms with van der Waals surface area (Å²) < 4.78 is 5.23. The van der Waals surface area contributed by atoms with E-state index in [2.05, 4.69) is 22.4 Å². The largest absolute Gasteiger partial charge is 0.382 e. The van der Waals surface area contributed by atoms with Gasteiger partial charge in [-0.3, -0.25) is 4.99 Å². The molecule has 0 aliphatic carbocycles. The lowest BCUT2D eigenvalue weighted by molar-refractivity contribution is 0.146. The zero-order valence-electron chi connectivity index (χ0n) is 11.9. The molecule has 20 heavy (non-hydrogen) atoms. The molecule has 1 aromatic rings. The van der Waals surface area contributed by atoms with Crippen molar-refractivity contribution in [3.05, 3.63) is 30.3 Å². The van der Waals surface area contributed by atoms with E-state index in [4.69, 9.17) is 10.5 Å². The first-order chi connectivity index (χ1) is 9.33. The zero-order valence-corrected chi connectivity index (χ0v) is 15.0. The highest BCUT2D eigenvalue weighted by atomic mass is 127. The van der Waals surface area contributed by atoms with Crippen LogP contribution in [0.2, 0.25) is 0 Å². The Kier molecular flexibility index (Phi) is 13.2. The van der Waals surface area contributed by atoms with Crippen LogP contribution in [-0.4, -0.2) is 38.0 Å². The predicted molar refractivity (Wildman–Crippen MR) is 98.2 cm³/mol. The molecule has 0 saturated heterocycles. The molecule has 0 spiro atoms. The Balaban J connectivity index is 0.00000361. The average molecular weight is 409 g/mol. The van der Waals surface area contributed by atoms with Gasteiger partial charge in [-0.15, -0.1) is 35.7 Å². The number of guanidine groups is 1. The first-order valence-corrected chi connectivity index (χ1v) is 7.61. The first kappa shape index (κ1) is 19.5. The number of hydrogen-bond acceptors (Lipinski definition) is 3. The molecular formula is C14H24IN3OS. The monoisotopic (exact) mass is 409 g/mol. The number of aliphatic imine (C=N–C) groups is 1. The summed E-state index contributed by atoms with van der Waals surface area (Å²) in [4.78, 5) is 5.51. The molecular weight excluding hydrogens is 385 g/mol. The lowest BCUT2D eigenvalue weighted by atomic mass is 10.4. The van der Waals surface area contributed by atoms with Gasteiger partial charge < -0.3 is 15.8 Å². The minimum atomic E-state index is 0. The van der Waals surface area contributed by atoms with Gasteiger partial charge in [0.25, 0.3) is 0 Å². The number of hydrogen-bond donors (Lipinski definition) is 2. The molecule has 0 radical (unpaired) electrons. The van der Waals surface area contributed by atoms with Crippen LogP contribution in [0.1, 0.15) is 13.3 Å². The second kappa shape index (κ2) is 13.5. The van der Waals surface area contributed by atoms with Gasteiger partial charge in [0.2, 0.25) is 0 Å². The predicted octanol–water partition coefficient (Wildman–Crippen LogP) is 2.73. The summed E-state index contributed by atoms with van der Waals surface area (Å²) >= 11 is 1.80. The lowest BCUT2D eigenvalue weighted by Crippen LogP contribution is -2.33. The van der Waals surface area contributed by atoms with Crippen molar-refractivity contribution < 1.29 is 4.74 Å². The zero-order chi connectivity index (χ0) is 13.8. The Morgan fingerprint density at radius 1 is 1.35 bits per heavy atom. The van der Waals surface area contributed by atoms with Crippen molar-refractivity contribution in [2.45, 2.75) is 18.2 Å². The van der Waals surface area contributed by atoms with Crippen LogP contribution in [0, 0.1) is 0 Å². The topological polar surface area (TPSA) is 59.6 Å². The fraction of sp³-hybridized carbons (Fsp3) is 0.500. The van der Waals surface area contributed by atoms with E-state index >= 15 is 0 Å². The third-order valence-corrected chi connectivity index (χ3v) is 3.37. The van der Waals surface area contributed by atoms with Crippen LogP contribution >= 0.6 is 35.7 Å². The summed E-state index contributed by atoms with van der Waals surface area (Å²) in [7, 11) is 0. The van der Waals surface area contributed by atoms with Crippen LogP contribution in [0.5, 0.6) is 0 Å². The highest BCUT2D eigenvalue weighted by Gasteiger charge is 1.94. The molecule has 3 N–H and O–H groups in total. The Bertz CT molecular complexity index is 363. The van der Waals surface area contributed by atoms with E-state index in [1.54, 1.807) is 11.8 Å². The number of ether oxygens (including phenoxy) is 1. The summed E-state index contributed by atoms with van der Waals surface area (Å²) in [5, 5.41) is 3.11. The maximum Gasteiger partial charge on any atom is 0.188 e. The summed E-state index contributed by atoms with van der Waals surface area (Å²) in [5.41, 5.74) is 5.76. The van der Waals surface area contributed by atoms with Gasteiger partial charge in [-0.05, 0) is 25.5 Å². The molecule has 0 heterocycles. The quantitative estimate of drug-likeness (QED) is 0.217. The number of halogens is 1. The Hall–Kier alpha value is -0.470. The van der Waals surface area contributed by atoms with E-state index in [1.807, 2.05) is 25.1 Å². The van der Waals surface area contributed by atoms with Gasteiger partial charge in [0.1, 0.15) is 0 Å². The van der Waals surface area contributed by atoms with Gasteiger partial charge in [-0.1, -0.05) is 18.2 Å². The average Bonchev–Trinajstić information content (AvgIpc) is 2.44. The number of nitrogens with zero attached hydrogens (tertiary/aromatic N) is 1. The van der Waals surface area contributed by atoms with Gasteiger partial charge in [0.15, 0.2) is 5.96 Å². The Morgan fingerprint density at radius 3 is 2.80 bits per heavy atom. The van der Waals surface area contributed by atoms with E-state index < -0.39 is 0 Å². The normalized spacial score (nSPS) is 10.9. The van der Waals surface area contributed by atoms with E-state index in [9.17, 15) is 0 Å². The van der Waals surface area contributed by atoms with E-state index in [0.717, 1.165) is 31.9 Å². The number of nitrogens with two attached hydrogens (primary N) is 1. The highest BCUT2D eigenvalue weighted by molar-refractivity contribution is 14.0. The smallest absolute Gasteiger partial charge is 0.188 e. The van der Waals surface area contributed by atoms with Gasteiger partial charge in [0.05, 0.1) is 0 Å². The molecule has 0 aliphatic rings. The summed E-state index contributed by atoms with van der Waals surface area (Å²) in [6, 6.07) is 10.3. The molecule has 1 aromatic carbocycles. The van der Waals surface area contributed by atoms with Crippen LogP contribution in [0.15, 0.2) is 40.2 Å². The van der Waals surface area contributed by atoms with Crippen molar-refractivity contribution in [2.75, 3.05) is 32.1 Å². The molecule has 0 aromatic heterocycles. The van der Waals surface area contributed by atoms with E-state index in [-0.39, 0.29) is 24.0 Å². The standard InChI is InChI=1S/C14H23N3OS.HI/c1-2-18-11-6-9-16-14(15)17-10-12-19-13-7-4-3-5-8-13;/h3-5,7-8H,2,6,9-12H2,1H3,(H3,15,16,17);1H. The number of thioether (sulfide) groups is 1. The molecule has 0 amide bonds. The van der Waals surface area contributed by atoms with Crippen LogP contribution in [0.3, 0.4) is 0 Å². The van der Waals surface area contributed by atoms with Gasteiger partial charge in [-0.2, -0.15) is 0 Å². The lowest BCUT2D eigenvalue weighted by Gasteiger charge is -2.05. The maximum atomic E-state index is 5.76. The maximum absolute atomic E-state index is 5.76. The number of rotatable bonds is 9. The van der Waals surface area contributed by atoms with Crippen molar-refractivity contribution in [1.29, 1.82) is 0 Å². The number of benzene rings is 1. The second-order valence-corrected chi connectivity index (χ2v) is 5.07. The summed E-state index contributed by atoms with van der Waals surface area (Å²) in [5.74, 6) is 1.49. The Morgan fingerprint density at radius 2 is 2.10 bits per heavy atom. The third-order valence-electron chi connectivity index (χ3n) is 2.35. The molecule has 4 nitrogen and oxygen atoms in total. The van der Waals surface area contributed by atoms with Crippen molar-refractivity contribution >= 4 is 41.7 Å². The Labute approximate surface area is 143 Å². The van der Waals surface area contributed by atoms with E-state index in [0.29, 0.717) is 12.5 Å².